The summed E-state index contributed by atoms with van der Waals surface area (Å²) in [5.74, 6) is 0. The lowest BCUT2D eigenvalue weighted by molar-refractivity contribution is -0.316. The number of aliphatic hydroxyl groups is 1. The van der Waals surface area contributed by atoms with Gasteiger partial charge in [-0.2, -0.15) is 13.2 Å². The number of hydrogen-bond acceptors (Lipinski definition) is 3. The smallest absolute Gasteiger partial charge is 0.393 e. The topological polar surface area (TPSA) is 38.7 Å². The molecule has 0 aromatic rings. The van der Waals surface area contributed by atoms with E-state index in [0.717, 1.165) is 7.11 Å². The molecule has 1 aliphatic carbocycles. The highest BCUT2D eigenvalue weighted by molar-refractivity contribution is 4.73. The van der Waals surface area contributed by atoms with Crippen molar-refractivity contribution < 1.29 is 27.8 Å². The fraction of sp³-hybridized carbons (Fsp3) is 1.00. The third kappa shape index (κ3) is 3.96. The van der Waals surface area contributed by atoms with Gasteiger partial charge in [0, 0.05) is 7.11 Å². The van der Waals surface area contributed by atoms with Crippen molar-refractivity contribution in [1.82, 2.24) is 0 Å². The first kappa shape index (κ1) is 12.7. The highest BCUT2D eigenvalue weighted by Gasteiger charge is 2.43. The average molecular weight is 228 g/mol. The molecule has 1 fully saturated rings. The van der Waals surface area contributed by atoms with Crippen molar-refractivity contribution in [3.8, 4) is 0 Å². The first-order valence-corrected chi connectivity index (χ1v) is 4.86. The Morgan fingerprint density at radius 3 is 2.13 bits per heavy atom. The van der Waals surface area contributed by atoms with Crippen LogP contribution in [0.5, 0.6) is 0 Å². The quantitative estimate of drug-likeness (QED) is 0.749. The number of halogens is 3. The van der Waals surface area contributed by atoms with Crippen LogP contribution in [0.15, 0.2) is 0 Å². The Balaban J connectivity index is 2.39. The molecule has 0 amide bonds. The second-order valence-corrected chi connectivity index (χ2v) is 3.68. The van der Waals surface area contributed by atoms with E-state index in [1.165, 1.54) is 0 Å². The Bertz CT molecular complexity index is 188. The van der Waals surface area contributed by atoms with Crippen LogP contribution in [0.2, 0.25) is 0 Å². The van der Waals surface area contributed by atoms with Gasteiger partial charge in [0.2, 0.25) is 0 Å². The Morgan fingerprint density at radius 1 is 1.20 bits per heavy atom. The van der Waals surface area contributed by atoms with Crippen LogP contribution in [-0.2, 0) is 9.47 Å². The highest BCUT2D eigenvalue weighted by Crippen LogP contribution is 2.28. The summed E-state index contributed by atoms with van der Waals surface area (Å²) in [5.41, 5.74) is 0. The van der Waals surface area contributed by atoms with E-state index < -0.39 is 24.7 Å². The predicted molar refractivity (Wildman–Crippen MR) is 46.2 cm³/mol. The molecule has 0 bridgehead atoms. The van der Waals surface area contributed by atoms with Gasteiger partial charge in [-0.3, -0.25) is 0 Å². The Labute approximate surface area is 86.2 Å². The Hall–Kier alpha value is -0.330. The minimum Gasteiger partial charge on any atom is -0.393 e. The maximum atomic E-state index is 12.3. The van der Waals surface area contributed by atoms with E-state index in [4.69, 9.17) is 9.84 Å². The molecule has 1 saturated carbocycles. The van der Waals surface area contributed by atoms with Crippen LogP contribution < -0.4 is 0 Å². The number of methoxy groups -OCH3 is 1. The second kappa shape index (κ2) is 5.14. The maximum Gasteiger partial charge on any atom is 0.440 e. The van der Waals surface area contributed by atoms with Crippen LogP contribution >= 0.6 is 0 Å². The molecular weight excluding hydrogens is 213 g/mol. The van der Waals surface area contributed by atoms with Gasteiger partial charge in [-0.25, -0.2) is 0 Å². The first-order chi connectivity index (χ1) is 6.93. The van der Waals surface area contributed by atoms with Gasteiger partial charge >= 0.3 is 6.18 Å². The zero-order valence-corrected chi connectivity index (χ0v) is 8.46. The molecule has 6 heteroatoms. The maximum absolute atomic E-state index is 12.3. The van der Waals surface area contributed by atoms with E-state index in [-0.39, 0.29) is 0 Å². The van der Waals surface area contributed by atoms with Gasteiger partial charge < -0.3 is 14.6 Å². The molecule has 0 spiro atoms. The molecule has 0 aromatic heterocycles. The van der Waals surface area contributed by atoms with Gasteiger partial charge in [0.25, 0.3) is 6.29 Å². The molecule has 3 nitrogen and oxygen atoms in total. The number of alkyl halides is 3. The molecule has 0 heterocycles. The highest BCUT2D eigenvalue weighted by atomic mass is 19.4. The minimum atomic E-state index is -4.50. The fourth-order valence-electron chi connectivity index (χ4n) is 1.62. The standard InChI is InChI=1S/C9H15F3O3/c1-14-8(9(10,11)12)15-7-4-2-6(13)3-5-7/h6-8,13H,2-5H2,1H3. The van der Waals surface area contributed by atoms with Crippen LogP contribution in [-0.4, -0.2) is 36.9 Å². The third-order valence-electron chi connectivity index (χ3n) is 2.44. The third-order valence-corrected chi connectivity index (χ3v) is 2.44. The fourth-order valence-corrected chi connectivity index (χ4v) is 1.62. The van der Waals surface area contributed by atoms with E-state index in [1.54, 1.807) is 0 Å². The average Bonchev–Trinajstić information content (AvgIpc) is 2.15. The van der Waals surface area contributed by atoms with Gasteiger partial charge in [-0.1, -0.05) is 0 Å². The minimum absolute atomic E-state index is 0.406. The summed E-state index contributed by atoms with van der Waals surface area (Å²) in [6.45, 7) is 0. The van der Waals surface area contributed by atoms with Crippen molar-refractivity contribution in [3.63, 3.8) is 0 Å². The van der Waals surface area contributed by atoms with Crippen molar-refractivity contribution in [2.45, 2.75) is 50.4 Å². The molecule has 1 unspecified atom stereocenters. The summed E-state index contributed by atoms with van der Waals surface area (Å²) in [7, 11) is 0.968. The number of rotatable bonds is 3. The summed E-state index contributed by atoms with van der Waals surface area (Å²) in [5, 5.41) is 9.17. The van der Waals surface area contributed by atoms with Crippen LogP contribution in [0.4, 0.5) is 13.2 Å². The van der Waals surface area contributed by atoms with E-state index in [2.05, 4.69) is 4.74 Å². The van der Waals surface area contributed by atoms with E-state index in [0.29, 0.717) is 25.7 Å². The summed E-state index contributed by atoms with van der Waals surface area (Å²) in [6, 6.07) is 0. The van der Waals surface area contributed by atoms with Gasteiger partial charge in [0.05, 0.1) is 12.2 Å². The Kier molecular flexibility index (Phi) is 4.36. The molecule has 1 atom stereocenters. The van der Waals surface area contributed by atoms with Gasteiger partial charge in [-0.15, -0.1) is 0 Å². The van der Waals surface area contributed by atoms with Gasteiger partial charge in [0.1, 0.15) is 0 Å². The van der Waals surface area contributed by atoms with E-state index >= 15 is 0 Å². The number of ether oxygens (including phenoxy) is 2. The largest absolute Gasteiger partial charge is 0.440 e. The van der Waals surface area contributed by atoms with Crippen LogP contribution in [0.3, 0.4) is 0 Å². The van der Waals surface area contributed by atoms with Crippen LogP contribution in [0.1, 0.15) is 25.7 Å². The molecule has 0 saturated heterocycles. The lowest BCUT2D eigenvalue weighted by atomic mass is 9.95. The van der Waals surface area contributed by atoms with Crippen molar-refractivity contribution >= 4 is 0 Å². The summed E-state index contributed by atoms with van der Waals surface area (Å²) in [6.07, 6.45) is -5.67. The molecule has 1 aliphatic rings. The molecule has 0 aromatic carbocycles. The normalized spacial score (nSPS) is 30.2. The van der Waals surface area contributed by atoms with Crippen LogP contribution in [0.25, 0.3) is 0 Å². The molecule has 0 radical (unpaired) electrons. The van der Waals surface area contributed by atoms with Crippen LogP contribution in [0, 0.1) is 0 Å². The number of hydrogen-bond donors (Lipinski definition) is 1. The molecule has 1 rings (SSSR count). The van der Waals surface area contributed by atoms with Crippen molar-refractivity contribution in [1.29, 1.82) is 0 Å². The SMILES string of the molecule is COC(OC1CCC(O)CC1)C(F)(F)F. The summed E-state index contributed by atoms with van der Waals surface area (Å²) < 4.78 is 45.8. The van der Waals surface area contributed by atoms with Crippen molar-refractivity contribution in [2.24, 2.45) is 0 Å². The second-order valence-electron chi connectivity index (χ2n) is 3.68. The molecular formula is C9H15F3O3. The summed E-state index contributed by atoms with van der Waals surface area (Å²) in [4.78, 5) is 0. The molecule has 0 aliphatic heterocycles. The zero-order valence-electron chi connectivity index (χ0n) is 8.46. The lowest BCUT2D eigenvalue weighted by Crippen LogP contribution is -2.38. The zero-order chi connectivity index (χ0) is 11.5. The lowest BCUT2D eigenvalue weighted by Gasteiger charge is -2.29. The number of aliphatic hydroxyl groups excluding tert-OH is 1. The predicted octanol–water partition coefficient (Wildman–Crippen LogP) is 1.84. The Morgan fingerprint density at radius 2 is 1.73 bits per heavy atom. The summed E-state index contributed by atoms with van der Waals surface area (Å²) >= 11 is 0. The molecule has 15 heavy (non-hydrogen) atoms. The first-order valence-electron chi connectivity index (χ1n) is 4.86. The van der Waals surface area contributed by atoms with E-state index in [1.807, 2.05) is 0 Å². The monoisotopic (exact) mass is 228 g/mol. The molecule has 1 N–H and O–H groups in total. The van der Waals surface area contributed by atoms with Crippen molar-refractivity contribution in [3.05, 3.63) is 0 Å². The van der Waals surface area contributed by atoms with Gasteiger partial charge in [0.15, 0.2) is 0 Å². The van der Waals surface area contributed by atoms with Crippen molar-refractivity contribution in [2.75, 3.05) is 7.11 Å². The molecule has 90 valence electrons. The van der Waals surface area contributed by atoms with Gasteiger partial charge in [-0.05, 0) is 25.7 Å². The van der Waals surface area contributed by atoms with E-state index in [9.17, 15) is 13.2 Å².